The Kier molecular flexibility index (Phi) is 8.99. The lowest BCUT2D eigenvalue weighted by atomic mass is 10.1. The quantitative estimate of drug-likeness (QED) is 0.150. The van der Waals surface area contributed by atoms with Crippen LogP contribution in [0.5, 0.6) is 5.75 Å². The summed E-state index contributed by atoms with van der Waals surface area (Å²) in [7, 11) is 0. The van der Waals surface area contributed by atoms with Crippen molar-refractivity contribution < 1.29 is 9.53 Å². The largest absolute Gasteiger partial charge is 0.493 e. The number of carbonyl (C=O) groups excluding carboxylic acids is 1. The van der Waals surface area contributed by atoms with Crippen molar-refractivity contribution in [3.05, 3.63) is 71.3 Å². The van der Waals surface area contributed by atoms with E-state index in [0.29, 0.717) is 28.3 Å². The molecule has 1 aliphatic rings. The van der Waals surface area contributed by atoms with Crippen molar-refractivity contribution in [3.8, 4) is 22.7 Å². The van der Waals surface area contributed by atoms with Crippen LogP contribution in [0.4, 0.5) is 0 Å². The van der Waals surface area contributed by atoms with Gasteiger partial charge < -0.3 is 4.74 Å². The van der Waals surface area contributed by atoms with Crippen molar-refractivity contribution in [1.82, 2.24) is 14.7 Å². The maximum absolute atomic E-state index is 13.2. The van der Waals surface area contributed by atoms with Crippen LogP contribution >= 0.6 is 24.0 Å². The summed E-state index contributed by atoms with van der Waals surface area (Å²) in [5, 5.41) is 4.89. The molecule has 7 heteroatoms. The molecular formula is C29H33N3O2S2. The first kappa shape index (κ1) is 26.2. The van der Waals surface area contributed by atoms with Gasteiger partial charge in [0.2, 0.25) is 0 Å². The van der Waals surface area contributed by atoms with Crippen molar-refractivity contribution in [2.75, 3.05) is 13.2 Å². The Balaban J connectivity index is 1.63. The minimum Gasteiger partial charge on any atom is -0.493 e. The number of aromatic nitrogens is 2. The molecule has 0 saturated carbocycles. The number of para-hydroxylation sites is 1. The van der Waals surface area contributed by atoms with Crippen molar-refractivity contribution in [3.63, 3.8) is 0 Å². The topological polar surface area (TPSA) is 47.4 Å². The third-order valence-electron chi connectivity index (χ3n) is 5.87. The minimum absolute atomic E-state index is 0.0163. The number of amides is 1. The minimum atomic E-state index is -0.0163. The molecule has 0 N–H and O–H groups in total. The molecule has 1 fully saturated rings. The lowest BCUT2D eigenvalue weighted by Crippen LogP contribution is -2.29. The average Bonchev–Trinajstić information content (AvgIpc) is 3.42. The Morgan fingerprint density at radius 3 is 2.50 bits per heavy atom. The number of rotatable bonds is 11. The Morgan fingerprint density at radius 1 is 1.06 bits per heavy atom. The molecule has 5 nitrogen and oxygen atoms in total. The van der Waals surface area contributed by atoms with E-state index in [0.717, 1.165) is 47.5 Å². The smallest absolute Gasteiger partial charge is 0.266 e. The van der Waals surface area contributed by atoms with Gasteiger partial charge in [-0.15, -0.1) is 0 Å². The van der Waals surface area contributed by atoms with Crippen molar-refractivity contribution >= 4 is 40.3 Å². The molecule has 0 atom stereocenters. The van der Waals surface area contributed by atoms with Gasteiger partial charge in [-0.3, -0.25) is 9.69 Å². The zero-order valence-electron chi connectivity index (χ0n) is 21.1. The highest BCUT2D eigenvalue weighted by Gasteiger charge is 2.32. The molecule has 0 bridgehead atoms. The summed E-state index contributed by atoms with van der Waals surface area (Å²) in [6.07, 6.45) is 8.32. The summed E-state index contributed by atoms with van der Waals surface area (Å²) >= 11 is 6.92. The van der Waals surface area contributed by atoms with Gasteiger partial charge in [0.15, 0.2) is 0 Å². The first-order valence-corrected chi connectivity index (χ1v) is 13.8. The predicted octanol–water partition coefficient (Wildman–Crippen LogP) is 7.36. The van der Waals surface area contributed by atoms with Gasteiger partial charge in [-0.1, -0.05) is 82.2 Å². The van der Waals surface area contributed by atoms with Crippen LogP contribution < -0.4 is 4.74 Å². The highest BCUT2D eigenvalue weighted by atomic mass is 32.2. The zero-order chi connectivity index (χ0) is 25.5. The fraction of sp³-hybridized carbons (Fsp3) is 0.345. The van der Waals surface area contributed by atoms with E-state index in [1.807, 2.05) is 71.6 Å². The standard InChI is InChI=1S/C29H33N3O2S2/c1-4-5-6-10-17-31-28(33)26(36-29(31)35)18-23-19-32(24-11-8-7-9-12-24)30-27(23)22-13-15-25(16-14-22)34-20-21(2)3/h7-9,11-16,18-19,21H,4-6,10,17,20H2,1-3H3/b26-18-. The molecule has 0 aliphatic carbocycles. The van der Waals surface area contributed by atoms with Crippen LogP contribution in [-0.4, -0.2) is 38.1 Å². The summed E-state index contributed by atoms with van der Waals surface area (Å²) in [4.78, 5) is 15.6. The second kappa shape index (κ2) is 12.4. The number of nitrogens with zero attached hydrogens (tertiary/aromatic N) is 3. The van der Waals surface area contributed by atoms with Gasteiger partial charge in [-0.05, 0) is 54.8 Å². The van der Waals surface area contributed by atoms with Gasteiger partial charge in [-0.2, -0.15) is 5.10 Å². The number of unbranched alkanes of at least 4 members (excludes halogenated alkanes) is 3. The van der Waals surface area contributed by atoms with Crippen LogP contribution in [0.25, 0.3) is 23.0 Å². The second-order valence-electron chi connectivity index (χ2n) is 9.34. The Bertz CT molecular complexity index is 1220. The van der Waals surface area contributed by atoms with E-state index in [1.165, 1.54) is 18.2 Å². The SMILES string of the molecule is CCCCCCN1C(=O)/C(=C/c2cn(-c3ccccc3)nc2-c2ccc(OCC(C)C)cc2)SC1=S. The third-order valence-corrected chi connectivity index (χ3v) is 7.25. The molecule has 0 spiro atoms. The number of ether oxygens (including phenoxy) is 1. The molecule has 188 valence electrons. The summed E-state index contributed by atoms with van der Waals surface area (Å²) in [6.45, 7) is 7.79. The first-order valence-electron chi connectivity index (χ1n) is 12.6. The summed E-state index contributed by atoms with van der Waals surface area (Å²) in [5.74, 6) is 1.28. The molecule has 1 amide bonds. The Morgan fingerprint density at radius 2 is 1.81 bits per heavy atom. The highest BCUT2D eigenvalue weighted by Crippen LogP contribution is 2.35. The van der Waals surface area contributed by atoms with Gasteiger partial charge >= 0.3 is 0 Å². The lowest BCUT2D eigenvalue weighted by Gasteiger charge is -2.13. The predicted molar refractivity (Wildman–Crippen MR) is 153 cm³/mol. The molecule has 4 rings (SSSR count). The van der Waals surface area contributed by atoms with Gasteiger partial charge in [0.05, 0.1) is 22.9 Å². The number of thioether (sulfide) groups is 1. The fourth-order valence-electron chi connectivity index (χ4n) is 3.93. The number of thiocarbonyl (C=S) groups is 1. The molecule has 1 saturated heterocycles. The monoisotopic (exact) mass is 519 g/mol. The molecule has 0 radical (unpaired) electrons. The van der Waals surface area contributed by atoms with E-state index in [1.54, 1.807) is 4.90 Å². The molecule has 2 aromatic carbocycles. The van der Waals surface area contributed by atoms with E-state index in [2.05, 4.69) is 20.8 Å². The van der Waals surface area contributed by atoms with Crippen molar-refractivity contribution in [1.29, 1.82) is 0 Å². The Hall–Kier alpha value is -2.90. The van der Waals surface area contributed by atoms with E-state index in [9.17, 15) is 4.79 Å². The first-order chi connectivity index (χ1) is 17.5. The lowest BCUT2D eigenvalue weighted by molar-refractivity contribution is -0.122. The summed E-state index contributed by atoms with van der Waals surface area (Å²) in [6, 6.07) is 18.0. The maximum atomic E-state index is 13.2. The van der Waals surface area contributed by atoms with E-state index in [-0.39, 0.29) is 5.91 Å². The molecule has 3 aromatic rings. The van der Waals surface area contributed by atoms with Crippen LogP contribution in [-0.2, 0) is 4.79 Å². The summed E-state index contributed by atoms with van der Waals surface area (Å²) < 4.78 is 8.34. The zero-order valence-corrected chi connectivity index (χ0v) is 22.8. The number of carbonyl (C=O) groups is 1. The van der Waals surface area contributed by atoms with Crippen molar-refractivity contribution in [2.45, 2.75) is 46.5 Å². The highest BCUT2D eigenvalue weighted by molar-refractivity contribution is 8.26. The molecule has 36 heavy (non-hydrogen) atoms. The van der Waals surface area contributed by atoms with Crippen LogP contribution in [0.2, 0.25) is 0 Å². The van der Waals surface area contributed by atoms with Crippen molar-refractivity contribution in [2.24, 2.45) is 5.92 Å². The average molecular weight is 520 g/mol. The van der Waals surface area contributed by atoms with Gasteiger partial charge in [0.1, 0.15) is 10.1 Å². The summed E-state index contributed by atoms with van der Waals surface area (Å²) in [5.41, 5.74) is 3.60. The fourth-order valence-corrected chi connectivity index (χ4v) is 5.23. The maximum Gasteiger partial charge on any atom is 0.266 e. The Labute approximate surface area is 223 Å². The van der Waals surface area contributed by atoms with Gasteiger partial charge in [0, 0.05) is 23.9 Å². The van der Waals surface area contributed by atoms with Crippen LogP contribution in [0, 0.1) is 5.92 Å². The molecule has 2 heterocycles. The second-order valence-corrected chi connectivity index (χ2v) is 11.0. The third kappa shape index (κ3) is 6.45. The van der Waals surface area contributed by atoms with Crippen LogP contribution in [0.15, 0.2) is 65.7 Å². The molecule has 0 unspecified atom stereocenters. The van der Waals surface area contributed by atoms with Crippen LogP contribution in [0.1, 0.15) is 52.0 Å². The van der Waals surface area contributed by atoms with E-state index >= 15 is 0 Å². The molecule has 1 aliphatic heterocycles. The van der Waals surface area contributed by atoms with Crippen LogP contribution in [0.3, 0.4) is 0 Å². The van der Waals surface area contributed by atoms with Gasteiger partial charge in [-0.25, -0.2) is 4.68 Å². The van der Waals surface area contributed by atoms with E-state index < -0.39 is 0 Å². The number of hydrogen-bond donors (Lipinski definition) is 0. The number of benzene rings is 2. The van der Waals surface area contributed by atoms with E-state index in [4.69, 9.17) is 22.1 Å². The number of hydrogen-bond acceptors (Lipinski definition) is 5. The molecular weight excluding hydrogens is 486 g/mol. The normalized spacial score (nSPS) is 14.9. The molecule has 1 aromatic heterocycles. The van der Waals surface area contributed by atoms with Gasteiger partial charge in [0.25, 0.3) is 5.91 Å².